The highest BCUT2D eigenvalue weighted by atomic mass is 19.3. The van der Waals surface area contributed by atoms with E-state index in [1.807, 2.05) is 13.8 Å². The van der Waals surface area contributed by atoms with E-state index in [4.69, 9.17) is 14.6 Å². The van der Waals surface area contributed by atoms with E-state index in [0.29, 0.717) is 23.5 Å². The highest BCUT2D eigenvalue weighted by Gasteiger charge is 2.32. The number of pyridine rings is 2. The van der Waals surface area contributed by atoms with Crippen LogP contribution in [-0.2, 0) is 4.74 Å². The lowest BCUT2D eigenvalue weighted by atomic mass is 9.91. The van der Waals surface area contributed by atoms with Crippen molar-refractivity contribution in [1.82, 2.24) is 15.3 Å². The summed E-state index contributed by atoms with van der Waals surface area (Å²) in [6.45, 7) is 10.9. The fourth-order valence-corrected chi connectivity index (χ4v) is 4.24. The zero-order valence-corrected chi connectivity index (χ0v) is 24.0. The third-order valence-electron chi connectivity index (χ3n) is 5.76. The second kappa shape index (κ2) is 12.9. The molecule has 0 bridgehead atoms. The Bertz CT molecular complexity index is 1360. The van der Waals surface area contributed by atoms with Gasteiger partial charge in [0.2, 0.25) is 0 Å². The molecule has 1 amide bonds. The predicted molar refractivity (Wildman–Crippen MR) is 152 cm³/mol. The number of carbonyl (C=O) groups excluding carboxylic acids is 1. The van der Waals surface area contributed by atoms with E-state index in [9.17, 15) is 18.4 Å². The summed E-state index contributed by atoms with van der Waals surface area (Å²) in [5.41, 5.74) is -0.530. The van der Waals surface area contributed by atoms with Crippen molar-refractivity contribution in [2.45, 2.75) is 65.5 Å². The molecule has 11 heteroatoms. The van der Waals surface area contributed by atoms with Gasteiger partial charge in [0.05, 0.1) is 16.8 Å². The normalized spacial score (nSPS) is 13.0. The van der Waals surface area contributed by atoms with Crippen LogP contribution in [0, 0.1) is 5.92 Å². The largest absolute Gasteiger partial charge is 0.489 e. The molecule has 0 aliphatic carbocycles. The number of carboxylic acids is 1. The first kappa shape index (κ1) is 31.3. The lowest BCUT2D eigenvalue weighted by molar-refractivity contribution is 0.0403. The van der Waals surface area contributed by atoms with Crippen molar-refractivity contribution in [2.24, 2.45) is 5.92 Å². The van der Waals surface area contributed by atoms with Gasteiger partial charge in [-0.1, -0.05) is 13.8 Å². The molecule has 41 heavy (non-hydrogen) atoms. The Hall–Kier alpha value is -4.28. The van der Waals surface area contributed by atoms with Gasteiger partial charge >= 0.3 is 12.1 Å². The van der Waals surface area contributed by atoms with Crippen LogP contribution >= 0.6 is 0 Å². The zero-order chi connectivity index (χ0) is 30.4. The fraction of sp³-hybridized carbons (Fsp3) is 0.400. The lowest BCUT2D eigenvalue weighted by Gasteiger charge is -2.33. The van der Waals surface area contributed by atoms with Crippen LogP contribution in [0.4, 0.5) is 25.1 Å². The summed E-state index contributed by atoms with van der Waals surface area (Å²) in [6.07, 6.45) is -1.50. The van der Waals surface area contributed by atoms with Gasteiger partial charge in [-0.2, -0.15) is 0 Å². The number of benzene rings is 1. The number of hydrogen-bond donors (Lipinski definition) is 3. The number of nitrogens with one attached hydrogen (secondary N) is 2. The number of nitrogens with zero attached hydrogens (tertiary/aromatic N) is 2. The molecule has 1 atom stereocenters. The topological polar surface area (TPSA) is 123 Å². The summed E-state index contributed by atoms with van der Waals surface area (Å²) < 4.78 is 39.4. The summed E-state index contributed by atoms with van der Waals surface area (Å²) >= 11 is 0. The van der Waals surface area contributed by atoms with Crippen LogP contribution in [0.2, 0.25) is 0 Å². The first-order chi connectivity index (χ1) is 19.1. The molecule has 0 radical (unpaired) electrons. The number of ether oxygens (including phenoxy) is 2. The van der Waals surface area contributed by atoms with Gasteiger partial charge in [-0.25, -0.2) is 28.3 Å². The van der Waals surface area contributed by atoms with E-state index in [0.717, 1.165) is 0 Å². The van der Waals surface area contributed by atoms with E-state index >= 15 is 0 Å². The molecule has 0 aliphatic rings. The van der Waals surface area contributed by atoms with Gasteiger partial charge in [0.15, 0.2) is 0 Å². The number of alkyl carbamates (subject to hydrolysis) is 1. The summed E-state index contributed by atoms with van der Waals surface area (Å²) in [6, 6.07) is 12.4. The van der Waals surface area contributed by atoms with E-state index in [2.05, 4.69) is 20.6 Å². The highest BCUT2D eigenvalue weighted by molar-refractivity contribution is 5.88. The minimum atomic E-state index is -2.91. The Labute approximate surface area is 238 Å². The molecule has 0 fully saturated rings. The average Bonchev–Trinajstić information content (AvgIpc) is 2.86. The van der Waals surface area contributed by atoms with E-state index in [-0.39, 0.29) is 29.5 Å². The van der Waals surface area contributed by atoms with Crippen LogP contribution in [0.1, 0.15) is 70.4 Å². The number of hydrogen-bond acceptors (Lipinski definition) is 7. The van der Waals surface area contributed by atoms with Crippen LogP contribution in [0.15, 0.2) is 54.7 Å². The average molecular weight is 571 g/mol. The Balaban J connectivity index is 1.80. The number of anilines is 2. The Morgan fingerprint density at radius 2 is 1.71 bits per heavy atom. The molecule has 2 heterocycles. The van der Waals surface area contributed by atoms with Gasteiger partial charge in [-0.05, 0) is 88.6 Å². The van der Waals surface area contributed by atoms with Crippen molar-refractivity contribution >= 4 is 23.6 Å². The molecule has 0 saturated carbocycles. The molecule has 0 spiro atoms. The molecular formula is C30H36F2N4O5. The predicted octanol–water partition coefficient (Wildman–Crippen LogP) is 7.23. The number of carbonyl (C=O) groups is 2. The molecule has 2 aromatic heterocycles. The molecular weight excluding hydrogens is 534 g/mol. The summed E-state index contributed by atoms with van der Waals surface area (Å²) in [5, 5.41) is 15.0. The molecule has 3 N–H and O–H groups in total. The van der Waals surface area contributed by atoms with Gasteiger partial charge in [0.1, 0.15) is 29.5 Å². The van der Waals surface area contributed by atoms with Crippen molar-refractivity contribution in [3.63, 3.8) is 0 Å². The maximum atomic E-state index is 14.1. The molecule has 220 valence electrons. The molecule has 0 saturated heterocycles. The SMILES string of the molecule is CC(C)C[C@@](C)(COc1ccc(-c2ccnc(Nc3ccc(C(=O)O)cc3)c2)nc1C(F)F)NC(=O)OC(C)(C)C. The van der Waals surface area contributed by atoms with Crippen molar-refractivity contribution in [3.8, 4) is 17.0 Å². The zero-order valence-electron chi connectivity index (χ0n) is 24.0. The number of amides is 1. The third-order valence-corrected chi connectivity index (χ3v) is 5.76. The first-order valence-corrected chi connectivity index (χ1v) is 13.1. The van der Waals surface area contributed by atoms with Gasteiger partial charge in [0, 0.05) is 17.4 Å². The number of rotatable bonds is 11. The first-order valence-electron chi connectivity index (χ1n) is 13.1. The Morgan fingerprint density at radius 3 is 2.29 bits per heavy atom. The quantitative estimate of drug-likeness (QED) is 0.221. The number of aromatic carboxylic acids is 1. The summed E-state index contributed by atoms with van der Waals surface area (Å²) in [5.74, 6) is -0.522. The van der Waals surface area contributed by atoms with Gasteiger partial charge in [-0.3, -0.25) is 0 Å². The maximum absolute atomic E-state index is 14.1. The number of halogens is 2. The number of carboxylic acid groups (broad SMARTS) is 1. The van der Waals surface area contributed by atoms with Crippen molar-refractivity contribution in [2.75, 3.05) is 11.9 Å². The van der Waals surface area contributed by atoms with Crippen molar-refractivity contribution in [1.29, 1.82) is 0 Å². The smallest absolute Gasteiger partial charge is 0.408 e. The van der Waals surface area contributed by atoms with Crippen LogP contribution in [-0.4, -0.2) is 44.9 Å². The Kier molecular flexibility index (Phi) is 9.85. The molecule has 3 rings (SSSR count). The molecule has 0 aliphatic heterocycles. The highest BCUT2D eigenvalue weighted by Crippen LogP contribution is 2.32. The van der Waals surface area contributed by atoms with Gasteiger partial charge in [0.25, 0.3) is 6.43 Å². The second-order valence-electron chi connectivity index (χ2n) is 11.4. The number of alkyl halides is 2. The van der Waals surface area contributed by atoms with Crippen LogP contribution in [0.5, 0.6) is 5.75 Å². The fourth-order valence-electron chi connectivity index (χ4n) is 4.24. The van der Waals surface area contributed by atoms with Gasteiger partial charge in [-0.15, -0.1) is 0 Å². The second-order valence-corrected chi connectivity index (χ2v) is 11.4. The molecule has 0 unspecified atom stereocenters. The minimum absolute atomic E-state index is 0.0742. The van der Waals surface area contributed by atoms with Crippen molar-refractivity contribution in [3.05, 3.63) is 66.0 Å². The van der Waals surface area contributed by atoms with Crippen molar-refractivity contribution < 1.29 is 33.0 Å². The monoisotopic (exact) mass is 570 g/mol. The molecule has 3 aromatic rings. The van der Waals surface area contributed by atoms with Crippen LogP contribution < -0.4 is 15.4 Å². The molecule has 1 aromatic carbocycles. The standard InChI is InChI=1S/C30H36F2N4O5/c1-18(2)16-30(6,36-28(39)41-29(3,4)5)17-40-23-12-11-22(35-25(23)26(31)32)20-13-14-33-24(15-20)34-21-9-7-19(8-10-21)27(37)38/h7-15,18,26H,16-17H2,1-6H3,(H,33,34)(H,36,39)(H,37,38)/t30-/m0/s1. The van der Waals surface area contributed by atoms with E-state index in [1.165, 1.54) is 24.4 Å². The molecule has 9 nitrogen and oxygen atoms in total. The van der Waals surface area contributed by atoms with E-state index in [1.54, 1.807) is 58.0 Å². The minimum Gasteiger partial charge on any atom is -0.489 e. The summed E-state index contributed by atoms with van der Waals surface area (Å²) in [4.78, 5) is 32.0. The van der Waals surface area contributed by atoms with Gasteiger partial charge < -0.3 is 25.2 Å². The maximum Gasteiger partial charge on any atom is 0.408 e. The lowest BCUT2D eigenvalue weighted by Crippen LogP contribution is -2.52. The van der Waals surface area contributed by atoms with Crippen LogP contribution in [0.25, 0.3) is 11.3 Å². The third kappa shape index (κ3) is 9.40. The van der Waals surface area contributed by atoms with Crippen LogP contribution in [0.3, 0.4) is 0 Å². The summed E-state index contributed by atoms with van der Waals surface area (Å²) in [7, 11) is 0. The Morgan fingerprint density at radius 1 is 1.02 bits per heavy atom. The number of aromatic nitrogens is 2. The van der Waals surface area contributed by atoms with E-state index < -0.39 is 35.3 Å².